The quantitative estimate of drug-likeness (QED) is 0.0962. The van der Waals surface area contributed by atoms with Gasteiger partial charge in [-0.1, -0.05) is 75.3 Å². The number of halogens is 1. The second-order valence-electron chi connectivity index (χ2n) is 21.7. The molecule has 4 atom stereocenters. The number of β-amino-alcohol motifs (C(OH)–C–C–N with tert-alkyl or cyclic N) is 1. The van der Waals surface area contributed by atoms with Crippen LogP contribution in [0.4, 0.5) is 11.6 Å². The number of nitrogens with zero attached hydrogens (tertiary/aromatic N) is 9. The van der Waals surface area contributed by atoms with Gasteiger partial charge in [-0.2, -0.15) is 0 Å². The Kier molecular flexibility index (Phi) is 17.9. The molecule has 0 spiro atoms. The number of aliphatic hydroxyl groups excluding tert-OH is 2. The number of rotatable bonds is 16. The number of thiazole rings is 1. The molecule has 1 aromatic carbocycles. The fraction of sp³-hybridized carbons (Fsp3) is 0.585. The third kappa shape index (κ3) is 13.0. The number of likely N-dealkylation sites (tertiary alicyclic amines) is 1. The lowest BCUT2D eigenvalue weighted by molar-refractivity contribution is -0.144. The minimum absolute atomic E-state index is 0.00621. The monoisotopic (exact) mass is 1070 g/mol. The fourth-order valence-corrected chi connectivity index (χ4v) is 12.5. The summed E-state index contributed by atoms with van der Waals surface area (Å²) in [4.78, 5) is 85.0. The smallest absolute Gasteiger partial charge is 0.246 e. The van der Waals surface area contributed by atoms with Gasteiger partial charge in [0.15, 0.2) is 5.82 Å². The Balaban J connectivity index is 0.856. The first-order valence-electron chi connectivity index (χ1n) is 25.9. The van der Waals surface area contributed by atoms with E-state index in [1.54, 1.807) is 23.7 Å². The van der Waals surface area contributed by atoms with E-state index in [1.165, 1.54) is 23.6 Å². The van der Waals surface area contributed by atoms with Crippen molar-refractivity contribution in [3.63, 3.8) is 0 Å². The van der Waals surface area contributed by atoms with E-state index in [4.69, 9.17) is 27.3 Å². The van der Waals surface area contributed by atoms with Crippen LogP contribution >= 0.6 is 34.7 Å². The average molecular weight is 1070 g/mol. The van der Waals surface area contributed by atoms with Gasteiger partial charge >= 0.3 is 0 Å². The van der Waals surface area contributed by atoms with Crippen LogP contribution in [0, 0.1) is 23.7 Å². The third-order valence-corrected chi connectivity index (χ3v) is 17.7. The Labute approximate surface area is 448 Å². The van der Waals surface area contributed by atoms with Gasteiger partial charge in [-0.15, -0.1) is 11.3 Å². The maximum absolute atomic E-state index is 14.3. The number of carbonyl (C=O) groups excluding carboxylic acids is 4. The van der Waals surface area contributed by atoms with Crippen LogP contribution < -0.4 is 26.2 Å². The Morgan fingerprint density at radius 2 is 1.64 bits per heavy atom. The second kappa shape index (κ2) is 23.9. The van der Waals surface area contributed by atoms with Gasteiger partial charge in [-0.05, 0) is 73.6 Å². The molecule has 4 saturated heterocycles. The predicted molar refractivity (Wildman–Crippen MR) is 289 cm³/mol. The predicted octanol–water partition coefficient (Wildman–Crippen LogP) is 5.29. The first-order valence-corrected chi connectivity index (χ1v) is 28.0. The largest absolute Gasteiger partial charge is 0.391 e. The van der Waals surface area contributed by atoms with Crippen LogP contribution in [0.15, 0.2) is 58.2 Å². The summed E-state index contributed by atoms with van der Waals surface area (Å²) in [5.74, 6) is 0.313. The van der Waals surface area contributed by atoms with Crippen LogP contribution in [0.25, 0.3) is 10.4 Å². The number of hydrogen-bond acceptors (Lipinski definition) is 16. The summed E-state index contributed by atoms with van der Waals surface area (Å²) >= 11 is 10.00. The maximum Gasteiger partial charge on any atom is 0.246 e. The van der Waals surface area contributed by atoms with Gasteiger partial charge in [0.2, 0.25) is 23.6 Å². The molecule has 4 aromatic rings. The van der Waals surface area contributed by atoms with Crippen LogP contribution in [0.2, 0.25) is 5.02 Å². The van der Waals surface area contributed by atoms with Crippen molar-refractivity contribution >= 4 is 70.0 Å². The molecule has 3 aromatic heterocycles. The van der Waals surface area contributed by atoms with E-state index >= 15 is 0 Å². The number of nitrogens with one attached hydrogen (secondary N) is 2. The molecular formula is C53H73ClN12O6S2. The number of pyridine rings is 1. The van der Waals surface area contributed by atoms with Crippen molar-refractivity contribution in [1.82, 2.24) is 45.3 Å². The van der Waals surface area contributed by atoms with Crippen molar-refractivity contribution < 1.29 is 29.4 Å². The van der Waals surface area contributed by atoms with Crippen LogP contribution in [-0.2, 0) is 25.8 Å². The summed E-state index contributed by atoms with van der Waals surface area (Å²) in [5, 5.41) is 28.3. The minimum Gasteiger partial charge on any atom is -0.391 e. The molecule has 0 radical (unpaired) electrons. The Bertz CT molecular complexity index is 2610. The zero-order chi connectivity index (χ0) is 52.9. The second-order valence-corrected chi connectivity index (χ2v) is 24.0. The highest BCUT2D eigenvalue weighted by molar-refractivity contribution is 7.99. The highest BCUT2D eigenvalue weighted by Crippen LogP contribution is 2.40. The van der Waals surface area contributed by atoms with Crippen molar-refractivity contribution in [2.75, 3.05) is 81.8 Å². The molecule has 21 heteroatoms. The third-order valence-electron chi connectivity index (χ3n) is 15.3. The van der Waals surface area contributed by atoms with E-state index in [1.807, 2.05) is 68.4 Å². The molecule has 4 amide bonds. The molecule has 7 heterocycles. The van der Waals surface area contributed by atoms with Crippen molar-refractivity contribution in [3.05, 3.63) is 70.2 Å². The molecule has 0 aliphatic carbocycles. The van der Waals surface area contributed by atoms with Crippen molar-refractivity contribution in [2.24, 2.45) is 22.5 Å². The molecule has 74 heavy (non-hydrogen) atoms. The summed E-state index contributed by atoms with van der Waals surface area (Å²) < 4.78 is 0. The van der Waals surface area contributed by atoms with Crippen molar-refractivity contribution in [3.8, 4) is 10.4 Å². The van der Waals surface area contributed by atoms with Gasteiger partial charge in [0, 0.05) is 95.8 Å². The van der Waals surface area contributed by atoms with E-state index in [2.05, 4.69) is 42.2 Å². The number of aliphatic hydroxyl groups is 2. The number of hydrogen-bond donors (Lipinski definition) is 5. The van der Waals surface area contributed by atoms with Gasteiger partial charge in [0.1, 0.15) is 28.6 Å². The molecule has 6 N–H and O–H groups in total. The molecule has 0 bridgehead atoms. The molecule has 400 valence electrons. The number of aryl methyl sites for hydroxylation is 1. The highest BCUT2D eigenvalue weighted by Gasteiger charge is 2.45. The molecule has 4 aliphatic heterocycles. The summed E-state index contributed by atoms with van der Waals surface area (Å²) in [6, 6.07) is 7.79. The van der Waals surface area contributed by atoms with E-state index in [0.29, 0.717) is 99.0 Å². The number of nitrogens with two attached hydrogens (primary N) is 1. The number of benzene rings is 1. The molecule has 4 fully saturated rings. The van der Waals surface area contributed by atoms with E-state index in [0.717, 1.165) is 52.5 Å². The Morgan fingerprint density at radius 1 is 0.946 bits per heavy atom. The zero-order valence-corrected chi connectivity index (χ0v) is 45.9. The number of piperidine rings is 2. The first-order chi connectivity index (χ1) is 35.3. The Hall–Kier alpha value is -4.96. The molecule has 18 nitrogen and oxygen atoms in total. The lowest BCUT2D eigenvalue weighted by Crippen LogP contribution is -2.57. The number of carbonyl (C=O) groups is 4. The van der Waals surface area contributed by atoms with Gasteiger partial charge in [-0.3, -0.25) is 24.1 Å². The van der Waals surface area contributed by atoms with Crippen molar-refractivity contribution in [2.45, 2.75) is 121 Å². The summed E-state index contributed by atoms with van der Waals surface area (Å²) in [5.41, 5.74) is 10.8. The fourth-order valence-electron chi connectivity index (χ4n) is 10.6. The van der Waals surface area contributed by atoms with Gasteiger partial charge in [0.05, 0.1) is 46.1 Å². The highest BCUT2D eigenvalue weighted by atomic mass is 35.5. The SMILES string of the molecule is CC(=O)N[C@H](C(=O)N1C[C@H](O)C[C@H]1C(=O)N[C@@H](CCN1CCN(C(=O)C2CCN(c3nccc(Sc4cnc(N5CCC(C)(CN)CC5)c(CO)n4)c3Cl)CC2)CC1)c1ccc(-c2scnc2C)cc1)C(C)(C)C. The molecule has 8 rings (SSSR count). The normalized spacial score (nSPS) is 20.6. The summed E-state index contributed by atoms with van der Waals surface area (Å²) in [7, 11) is 0. The van der Waals surface area contributed by atoms with Gasteiger partial charge in [0.25, 0.3) is 0 Å². The number of anilines is 2. The number of piperazine rings is 1. The lowest BCUT2D eigenvalue weighted by Gasteiger charge is -2.39. The topological polar surface area (TPSA) is 227 Å². The zero-order valence-electron chi connectivity index (χ0n) is 43.6. The molecule has 0 unspecified atom stereocenters. The maximum atomic E-state index is 14.3. The number of aromatic nitrogens is 4. The van der Waals surface area contributed by atoms with Crippen LogP contribution in [0.3, 0.4) is 0 Å². The molecular weight excluding hydrogens is 1000 g/mol. The molecule has 0 saturated carbocycles. The van der Waals surface area contributed by atoms with Crippen molar-refractivity contribution in [1.29, 1.82) is 0 Å². The van der Waals surface area contributed by atoms with Gasteiger partial charge in [-0.25, -0.2) is 19.9 Å². The lowest BCUT2D eigenvalue weighted by atomic mass is 9.80. The van der Waals surface area contributed by atoms with E-state index in [-0.39, 0.29) is 48.6 Å². The van der Waals surface area contributed by atoms with Crippen LogP contribution in [0.5, 0.6) is 0 Å². The van der Waals surface area contributed by atoms with Crippen LogP contribution in [-0.4, -0.2) is 159 Å². The standard InChI is InChI=1S/C53H73ClN12O6S2/c1-33-45(73-32-58-33)36-9-7-35(8-10-36)39(61-49(70)41-27-38(69)29-66(41)51(72)46(52(3,4)5)59-34(2)68)14-18-62-23-25-65(26-24-62)50(71)37-12-19-63(20-13-37)48-44(54)42(11-17-56-48)74-43-28-57-47(40(30-67)60-43)64-21-15-53(6,31-55)16-22-64/h7-11,17,28,32,37-39,41,46,67,69H,12-16,18-27,29-31,55H2,1-6H3,(H,59,68)(H,61,70)/t38-,39+,41+,46-/m1/s1. The summed E-state index contributed by atoms with van der Waals surface area (Å²) in [6.07, 6.45) is 6.51. The van der Waals surface area contributed by atoms with Crippen LogP contribution in [0.1, 0.15) is 96.1 Å². The average Bonchev–Trinajstić information content (AvgIpc) is 4.02. The number of amides is 4. The minimum atomic E-state index is -0.915. The molecule has 4 aliphatic rings. The first kappa shape index (κ1) is 55.3. The van der Waals surface area contributed by atoms with Gasteiger partial charge < -0.3 is 46.2 Å². The summed E-state index contributed by atoms with van der Waals surface area (Å²) in [6.45, 7) is 17.7. The van der Waals surface area contributed by atoms with E-state index in [9.17, 15) is 29.4 Å². The van der Waals surface area contributed by atoms with E-state index < -0.39 is 35.6 Å². The Morgan fingerprint density at radius 3 is 2.26 bits per heavy atom.